The molecule has 0 bridgehead atoms. The molecule has 0 heterocycles. The number of benzene rings is 1. The van der Waals surface area contributed by atoms with Crippen LogP contribution in [0.1, 0.15) is 54.4 Å². The maximum Gasteiger partial charge on any atom is 0.258 e. The highest BCUT2D eigenvalue weighted by molar-refractivity contribution is 6.01. The van der Waals surface area contributed by atoms with Gasteiger partial charge in [-0.05, 0) is 25.3 Å². The third kappa shape index (κ3) is 3.26. The second kappa shape index (κ2) is 6.29. The fourth-order valence-corrected chi connectivity index (χ4v) is 3.25. The van der Waals surface area contributed by atoms with Crippen LogP contribution in [0.3, 0.4) is 0 Å². The summed E-state index contributed by atoms with van der Waals surface area (Å²) in [4.78, 5) is 23.6. The Morgan fingerprint density at radius 1 is 1.19 bits per heavy atom. The van der Waals surface area contributed by atoms with E-state index in [9.17, 15) is 9.59 Å². The lowest BCUT2D eigenvalue weighted by Crippen LogP contribution is -2.39. The lowest BCUT2D eigenvalue weighted by atomic mass is 9.95. The minimum Gasteiger partial charge on any atom is -0.483 e. The summed E-state index contributed by atoms with van der Waals surface area (Å²) in [5.74, 6) is 0.781. The number of ketones is 1. The molecule has 0 saturated heterocycles. The molecule has 1 aromatic rings. The number of fused-ring (bicyclic) bond motifs is 1. The first kappa shape index (κ1) is 14.1. The third-order valence-corrected chi connectivity index (χ3v) is 4.36. The summed E-state index contributed by atoms with van der Waals surface area (Å²) in [6.07, 6.45) is 7.06. The summed E-state index contributed by atoms with van der Waals surface area (Å²) in [6.45, 7) is 0.0289. The van der Waals surface area contributed by atoms with Gasteiger partial charge in [-0.2, -0.15) is 0 Å². The Balaban J connectivity index is 1.55. The van der Waals surface area contributed by atoms with Crippen molar-refractivity contribution in [1.82, 2.24) is 5.32 Å². The maximum atomic E-state index is 11.9. The molecule has 2 aliphatic carbocycles. The van der Waals surface area contributed by atoms with Crippen molar-refractivity contribution in [1.29, 1.82) is 0 Å². The van der Waals surface area contributed by atoms with Gasteiger partial charge >= 0.3 is 0 Å². The van der Waals surface area contributed by atoms with Crippen molar-refractivity contribution in [2.24, 2.45) is 0 Å². The Morgan fingerprint density at radius 2 is 2.00 bits per heavy atom. The van der Waals surface area contributed by atoms with Gasteiger partial charge in [-0.15, -0.1) is 0 Å². The Labute approximate surface area is 124 Å². The molecule has 4 nitrogen and oxygen atoms in total. The zero-order chi connectivity index (χ0) is 14.7. The van der Waals surface area contributed by atoms with Crippen LogP contribution in [0.2, 0.25) is 0 Å². The number of nitrogens with one attached hydrogen (secondary N) is 1. The SMILES string of the molecule is O=C(COc1cccc2c1CCC2=O)NC1CCCCC1. The third-order valence-electron chi connectivity index (χ3n) is 4.36. The zero-order valence-electron chi connectivity index (χ0n) is 12.2. The van der Waals surface area contributed by atoms with Crippen LogP contribution in [-0.4, -0.2) is 24.3 Å². The molecule has 1 saturated carbocycles. The average Bonchev–Trinajstić information content (AvgIpc) is 2.88. The van der Waals surface area contributed by atoms with Gasteiger partial charge in [0.25, 0.3) is 5.91 Å². The number of amides is 1. The van der Waals surface area contributed by atoms with E-state index in [4.69, 9.17) is 4.74 Å². The minimum atomic E-state index is -0.0659. The Hall–Kier alpha value is -1.84. The van der Waals surface area contributed by atoms with Crippen molar-refractivity contribution in [3.8, 4) is 5.75 Å². The van der Waals surface area contributed by atoms with Gasteiger partial charge in [-0.1, -0.05) is 31.4 Å². The van der Waals surface area contributed by atoms with Crippen LogP contribution in [0.5, 0.6) is 5.75 Å². The number of hydrogen-bond donors (Lipinski definition) is 1. The summed E-state index contributed by atoms with van der Waals surface area (Å²) in [5, 5.41) is 3.03. The predicted molar refractivity (Wildman–Crippen MR) is 79.6 cm³/mol. The number of carbonyl (C=O) groups excluding carboxylic acids is 2. The molecule has 0 unspecified atom stereocenters. The Kier molecular flexibility index (Phi) is 4.23. The highest BCUT2D eigenvalue weighted by Crippen LogP contribution is 2.30. The molecule has 0 aromatic heterocycles. The van der Waals surface area contributed by atoms with Crippen molar-refractivity contribution in [2.75, 3.05) is 6.61 Å². The van der Waals surface area contributed by atoms with E-state index >= 15 is 0 Å². The molecule has 0 aliphatic heterocycles. The molecule has 1 aromatic carbocycles. The van der Waals surface area contributed by atoms with Gasteiger partial charge in [0, 0.05) is 23.6 Å². The van der Waals surface area contributed by atoms with Gasteiger partial charge in [-0.25, -0.2) is 0 Å². The standard InChI is InChI=1S/C17H21NO3/c19-15-10-9-14-13(15)7-4-8-16(14)21-11-17(20)18-12-5-2-1-3-6-12/h4,7-8,12H,1-3,5-6,9-11H2,(H,18,20). The van der Waals surface area contributed by atoms with Crippen LogP contribution in [-0.2, 0) is 11.2 Å². The van der Waals surface area contributed by atoms with Crippen LogP contribution >= 0.6 is 0 Å². The molecule has 0 radical (unpaired) electrons. The van der Waals surface area contributed by atoms with Crippen molar-refractivity contribution >= 4 is 11.7 Å². The first-order chi connectivity index (χ1) is 10.2. The van der Waals surface area contributed by atoms with Crippen LogP contribution in [0.25, 0.3) is 0 Å². The fraction of sp³-hybridized carbons (Fsp3) is 0.529. The van der Waals surface area contributed by atoms with Crippen LogP contribution in [0.15, 0.2) is 18.2 Å². The molecule has 0 atom stereocenters. The number of carbonyl (C=O) groups is 2. The summed E-state index contributed by atoms with van der Waals surface area (Å²) in [6, 6.07) is 5.79. The molecule has 4 heteroatoms. The quantitative estimate of drug-likeness (QED) is 0.926. The zero-order valence-corrected chi connectivity index (χ0v) is 12.2. The molecule has 0 spiro atoms. The number of Topliss-reactive ketones (excluding diaryl/α,β-unsaturated/α-hetero) is 1. The number of hydrogen-bond acceptors (Lipinski definition) is 3. The maximum absolute atomic E-state index is 11.9. The Morgan fingerprint density at radius 3 is 2.81 bits per heavy atom. The topological polar surface area (TPSA) is 55.4 Å². The van der Waals surface area contributed by atoms with E-state index in [2.05, 4.69) is 5.32 Å². The Bertz CT molecular complexity index is 547. The molecular formula is C17H21NO3. The normalized spacial score (nSPS) is 18.4. The van der Waals surface area contributed by atoms with Crippen molar-refractivity contribution in [3.05, 3.63) is 29.3 Å². The molecule has 1 fully saturated rings. The fourth-order valence-electron chi connectivity index (χ4n) is 3.25. The van der Waals surface area contributed by atoms with Crippen LogP contribution in [0, 0.1) is 0 Å². The molecular weight excluding hydrogens is 266 g/mol. The van der Waals surface area contributed by atoms with Gasteiger partial charge in [0.2, 0.25) is 0 Å². The molecule has 112 valence electrons. The second-order valence-electron chi connectivity index (χ2n) is 5.90. The van der Waals surface area contributed by atoms with E-state index in [0.29, 0.717) is 24.6 Å². The van der Waals surface area contributed by atoms with Gasteiger partial charge in [-0.3, -0.25) is 9.59 Å². The van der Waals surface area contributed by atoms with Gasteiger partial charge in [0.05, 0.1) is 0 Å². The second-order valence-corrected chi connectivity index (χ2v) is 5.90. The first-order valence-corrected chi connectivity index (χ1v) is 7.81. The van der Waals surface area contributed by atoms with Gasteiger partial charge < -0.3 is 10.1 Å². The van der Waals surface area contributed by atoms with E-state index in [-0.39, 0.29) is 18.3 Å². The van der Waals surface area contributed by atoms with Crippen molar-refractivity contribution in [3.63, 3.8) is 0 Å². The molecule has 21 heavy (non-hydrogen) atoms. The molecule has 3 rings (SSSR count). The average molecular weight is 287 g/mol. The van der Waals surface area contributed by atoms with E-state index in [0.717, 1.165) is 24.0 Å². The molecule has 1 amide bonds. The van der Waals surface area contributed by atoms with Gasteiger partial charge in [0.15, 0.2) is 12.4 Å². The van der Waals surface area contributed by atoms with Crippen molar-refractivity contribution in [2.45, 2.75) is 51.0 Å². The summed E-state index contributed by atoms with van der Waals surface area (Å²) >= 11 is 0. The molecule has 2 aliphatic rings. The summed E-state index contributed by atoms with van der Waals surface area (Å²) < 4.78 is 5.64. The highest BCUT2D eigenvalue weighted by atomic mass is 16.5. The largest absolute Gasteiger partial charge is 0.483 e. The van der Waals surface area contributed by atoms with Crippen LogP contribution in [0.4, 0.5) is 0 Å². The van der Waals surface area contributed by atoms with E-state index in [1.54, 1.807) is 0 Å². The van der Waals surface area contributed by atoms with E-state index < -0.39 is 0 Å². The number of rotatable bonds is 4. The summed E-state index contributed by atoms with van der Waals surface area (Å²) in [7, 11) is 0. The lowest BCUT2D eigenvalue weighted by molar-refractivity contribution is -0.124. The van der Waals surface area contributed by atoms with Crippen molar-refractivity contribution < 1.29 is 14.3 Å². The van der Waals surface area contributed by atoms with E-state index in [1.807, 2.05) is 18.2 Å². The van der Waals surface area contributed by atoms with Gasteiger partial charge in [0.1, 0.15) is 5.75 Å². The molecule has 1 N–H and O–H groups in total. The number of ether oxygens (including phenoxy) is 1. The minimum absolute atomic E-state index is 0.0289. The summed E-state index contributed by atoms with van der Waals surface area (Å²) in [5.41, 5.74) is 1.70. The van der Waals surface area contributed by atoms with Crippen LogP contribution < -0.4 is 10.1 Å². The van der Waals surface area contributed by atoms with E-state index in [1.165, 1.54) is 19.3 Å². The lowest BCUT2D eigenvalue weighted by Gasteiger charge is -2.22. The first-order valence-electron chi connectivity index (χ1n) is 7.81. The monoisotopic (exact) mass is 287 g/mol. The highest BCUT2D eigenvalue weighted by Gasteiger charge is 2.23. The predicted octanol–water partition coefficient (Wildman–Crippen LogP) is 2.64. The smallest absolute Gasteiger partial charge is 0.258 e.